The second-order valence-electron chi connectivity index (χ2n) is 6.01. The van der Waals surface area contributed by atoms with Gasteiger partial charge in [-0.3, -0.25) is 10.1 Å². The van der Waals surface area contributed by atoms with E-state index >= 15 is 0 Å². The number of nitro benzene ring substituents is 1. The SMILES string of the molecule is N#Cc1cc([N+](=O)[O-])ccc1NCC1(O)CCCC(C(F)(F)F)C1. The van der Waals surface area contributed by atoms with E-state index in [0.717, 1.165) is 6.07 Å². The predicted molar refractivity (Wildman–Crippen MR) is 79.3 cm³/mol. The molecule has 0 radical (unpaired) electrons. The van der Waals surface area contributed by atoms with Gasteiger partial charge in [-0.2, -0.15) is 18.4 Å². The maximum absolute atomic E-state index is 12.8. The molecule has 0 aliphatic heterocycles. The third-order valence-electron chi connectivity index (χ3n) is 4.23. The molecule has 0 aromatic heterocycles. The molecule has 2 atom stereocenters. The van der Waals surface area contributed by atoms with Crippen LogP contribution in [0, 0.1) is 27.4 Å². The molecule has 130 valence electrons. The third-order valence-corrected chi connectivity index (χ3v) is 4.23. The predicted octanol–water partition coefficient (Wildman–Crippen LogP) is 3.36. The second kappa shape index (κ2) is 6.65. The maximum atomic E-state index is 12.8. The first kappa shape index (κ1) is 18.0. The summed E-state index contributed by atoms with van der Waals surface area (Å²) >= 11 is 0. The van der Waals surface area contributed by atoms with Gasteiger partial charge in [-0.25, -0.2) is 0 Å². The van der Waals surface area contributed by atoms with E-state index in [-0.39, 0.29) is 42.7 Å². The molecular formula is C15H16F3N3O3. The fourth-order valence-corrected chi connectivity index (χ4v) is 2.93. The van der Waals surface area contributed by atoms with Crippen LogP contribution in [-0.4, -0.2) is 28.4 Å². The topological polar surface area (TPSA) is 99.2 Å². The molecule has 0 spiro atoms. The number of nitro groups is 1. The number of nitrogens with zero attached hydrogens (tertiary/aromatic N) is 2. The summed E-state index contributed by atoms with van der Waals surface area (Å²) in [6, 6.07) is 5.37. The van der Waals surface area contributed by atoms with Crippen LogP contribution in [-0.2, 0) is 0 Å². The molecule has 1 aliphatic rings. The molecule has 2 N–H and O–H groups in total. The summed E-state index contributed by atoms with van der Waals surface area (Å²) in [6.07, 6.45) is -4.28. The van der Waals surface area contributed by atoms with Crippen molar-refractivity contribution in [3.05, 3.63) is 33.9 Å². The number of nitriles is 1. The van der Waals surface area contributed by atoms with Gasteiger partial charge in [-0.15, -0.1) is 0 Å². The normalized spacial score (nSPS) is 24.2. The van der Waals surface area contributed by atoms with Crippen molar-refractivity contribution in [1.29, 1.82) is 5.26 Å². The lowest BCUT2D eigenvalue weighted by atomic mass is 9.77. The van der Waals surface area contributed by atoms with Gasteiger partial charge in [0.1, 0.15) is 6.07 Å². The lowest BCUT2D eigenvalue weighted by Gasteiger charge is -2.37. The molecular weight excluding hydrogens is 327 g/mol. The lowest BCUT2D eigenvalue weighted by molar-refractivity contribution is -0.384. The molecule has 1 aromatic carbocycles. The summed E-state index contributed by atoms with van der Waals surface area (Å²) in [5, 5.41) is 32.9. The van der Waals surface area contributed by atoms with Gasteiger partial charge in [-0.05, 0) is 31.7 Å². The van der Waals surface area contributed by atoms with E-state index in [2.05, 4.69) is 5.32 Å². The van der Waals surface area contributed by atoms with Crippen molar-refractivity contribution in [2.75, 3.05) is 11.9 Å². The summed E-state index contributed by atoms with van der Waals surface area (Å²) < 4.78 is 38.5. The molecule has 0 bridgehead atoms. The second-order valence-corrected chi connectivity index (χ2v) is 6.01. The van der Waals surface area contributed by atoms with E-state index in [9.17, 15) is 28.4 Å². The van der Waals surface area contributed by atoms with Gasteiger partial charge in [0.25, 0.3) is 5.69 Å². The maximum Gasteiger partial charge on any atom is 0.391 e. The van der Waals surface area contributed by atoms with Gasteiger partial charge < -0.3 is 10.4 Å². The Bertz CT molecular complexity index is 672. The van der Waals surface area contributed by atoms with Gasteiger partial charge in [0.2, 0.25) is 0 Å². The van der Waals surface area contributed by atoms with Crippen LogP contribution in [0.3, 0.4) is 0 Å². The Balaban J connectivity index is 2.10. The fourth-order valence-electron chi connectivity index (χ4n) is 2.93. The largest absolute Gasteiger partial charge is 0.391 e. The minimum Gasteiger partial charge on any atom is -0.388 e. The molecule has 0 amide bonds. The van der Waals surface area contributed by atoms with Crippen molar-refractivity contribution in [2.24, 2.45) is 5.92 Å². The van der Waals surface area contributed by atoms with E-state index < -0.39 is 29.0 Å². The Labute approximate surface area is 136 Å². The highest BCUT2D eigenvalue weighted by Gasteiger charge is 2.46. The molecule has 9 heteroatoms. The van der Waals surface area contributed by atoms with Crippen LogP contribution in [0.2, 0.25) is 0 Å². The summed E-state index contributed by atoms with van der Waals surface area (Å²) in [5.41, 5.74) is -1.56. The molecule has 0 saturated heterocycles. The average molecular weight is 343 g/mol. The number of hydrogen-bond donors (Lipinski definition) is 2. The Morgan fingerprint density at radius 3 is 2.79 bits per heavy atom. The van der Waals surface area contributed by atoms with Crippen LogP contribution >= 0.6 is 0 Å². The van der Waals surface area contributed by atoms with Gasteiger partial charge in [-0.1, -0.05) is 0 Å². The first-order valence-corrected chi connectivity index (χ1v) is 7.36. The van der Waals surface area contributed by atoms with Crippen molar-refractivity contribution in [1.82, 2.24) is 0 Å². The number of alkyl halides is 3. The first-order valence-electron chi connectivity index (χ1n) is 7.36. The van der Waals surface area contributed by atoms with Gasteiger partial charge in [0.05, 0.1) is 27.7 Å². The Morgan fingerprint density at radius 1 is 1.50 bits per heavy atom. The Hall–Kier alpha value is -2.34. The number of nitrogens with one attached hydrogen (secondary N) is 1. The molecule has 1 fully saturated rings. The minimum absolute atomic E-state index is 0.00372. The van der Waals surface area contributed by atoms with E-state index in [4.69, 9.17) is 5.26 Å². The molecule has 0 heterocycles. The van der Waals surface area contributed by atoms with Crippen LogP contribution in [0.15, 0.2) is 18.2 Å². The highest BCUT2D eigenvalue weighted by Crippen LogP contribution is 2.41. The van der Waals surface area contributed by atoms with Crippen molar-refractivity contribution >= 4 is 11.4 Å². The summed E-state index contributed by atoms with van der Waals surface area (Å²) in [5.74, 6) is -1.55. The number of non-ortho nitro benzene ring substituents is 1. The lowest BCUT2D eigenvalue weighted by Crippen LogP contribution is -2.45. The van der Waals surface area contributed by atoms with Crippen LogP contribution in [0.4, 0.5) is 24.5 Å². The average Bonchev–Trinajstić information content (AvgIpc) is 2.52. The third kappa shape index (κ3) is 4.14. The van der Waals surface area contributed by atoms with Crippen LogP contribution < -0.4 is 5.32 Å². The van der Waals surface area contributed by atoms with Crippen molar-refractivity contribution in [3.8, 4) is 6.07 Å². The summed E-state index contributed by atoms with van der Waals surface area (Å²) in [7, 11) is 0. The Morgan fingerprint density at radius 2 is 2.21 bits per heavy atom. The Kier molecular flexibility index (Phi) is 4.99. The first-order chi connectivity index (χ1) is 11.1. The zero-order valence-electron chi connectivity index (χ0n) is 12.6. The summed E-state index contributed by atoms with van der Waals surface area (Å²) in [6.45, 7) is -0.161. The molecule has 24 heavy (non-hydrogen) atoms. The quantitative estimate of drug-likeness (QED) is 0.645. The molecule has 2 unspecified atom stereocenters. The van der Waals surface area contributed by atoms with Gasteiger partial charge in [0.15, 0.2) is 0 Å². The number of anilines is 1. The molecule has 1 aliphatic carbocycles. The van der Waals surface area contributed by atoms with Gasteiger partial charge in [0, 0.05) is 18.7 Å². The zero-order valence-corrected chi connectivity index (χ0v) is 12.6. The number of benzene rings is 1. The van der Waals surface area contributed by atoms with E-state index in [1.54, 1.807) is 6.07 Å². The standard InChI is InChI=1S/C15H16F3N3O3/c16-15(17,18)11-2-1-5-14(22,7-11)9-20-13-4-3-12(21(23)24)6-10(13)8-19/h3-4,6,11,20,22H,1-2,5,7,9H2. The van der Waals surface area contributed by atoms with Crippen molar-refractivity contribution in [2.45, 2.75) is 37.5 Å². The van der Waals surface area contributed by atoms with Crippen LogP contribution in [0.25, 0.3) is 0 Å². The van der Waals surface area contributed by atoms with E-state index in [1.807, 2.05) is 0 Å². The number of halogens is 3. The smallest absolute Gasteiger partial charge is 0.388 e. The highest BCUT2D eigenvalue weighted by atomic mass is 19.4. The van der Waals surface area contributed by atoms with Gasteiger partial charge >= 0.3 is 6.18 Å². The van der Waals surface area contributed by atoms with Crippen molar-refractivity contribution < 1.29 is 23.2 Å². The zero-order chi connectivity index (χ0) is 18.0. The molecule has 1 saturated carbocycles. The van der Waals surface area contributed by atoms with Crippen LogP contribution in [0.1, 0.15) is 31.2 Å². The van der Waals surface area contributed by atoms with Crippen LogP contribution in [0.5, 0.6) is 0 Å². The fraction of sp³-hybridized carbons (Fsp3) is 0.533. The monoisotopic (exact) mass is 343 g/mol. The van der Waals surface area contributed by atoms with E-state index in [1.165, 1.54) is 12.1 Å². The molecule has 1 aromatic rings. The minimum atomic E-state index is -4.35. The molecule has 6 nitrogen and oxygen atoms in total. The number of hydrogen-bond acceptors (Lipinski definition) is 5. The number of aliphatic hydroxyl groups is 1. The summed E-state index contributed by atoms with van der Waals surface area (Å²) in [4.78, 5) is 10.1. The number of rotatable bonds is 4. The molecule has 2 rings (SSSR count). The van der Waals surface area contributed by atoms with Crippen molar-refractivity contribution in [3.63, 3.8) is 0 Å². The van der Waals surface area contributed by atoms with E-state index in [0.29, 0.717) is 0 Å². The highest BCUT2D eigenvalue weighted by molar-refractivity contribution is 5.61.